The first-order valence-electron chi connectivity index (χ1n) is 18.9. The fraction of sp³-hybridized carbons (Fsp3) is 0.675. The zero-order valence-corrected chi connectivity index (χ0v) is 36.1. The van der Waals surface area contributed by atoms with Crippen LogP contribution in [-0.2, 0) is 30.1 Å². The molecule has 1 aliphatic rings. The maximum atomic E-state index is 14.6. The van der Waals surface area contributed by atoms with Crippen molar-refractivity contribution < 1.29 is 28.3 Å². The van der Waals surface area contributed by atoms with Gasteiger partial charge in [0.25, 0.3) is 0 Å². The molecule has 3 amide bonds. The van der Waals surface area contributed by atoms with Crippen molar-refractivity contribution in [2.24, 2.45) is 5.41 Å². The van der Waals surface area contributed by atoms with E-state index in [1.807, 2.05) is 78.2 Å². The van der Waals surface area contributed by atoms with Gasteiger partial charge < -0.3 is 34.4 Å². The minimum absolute atomic E-state index is 0.0329. The number of unbranched alkanes of at least 4 members (excludes halogenated alkanes) is 2. The fourth-order valence-electron chi connectivity index (χ4n) is 6.05. The second-order valence-corrected chi connectivity index (χ2v) is 23.4. The van der Waals surface area contributed by atoms with Gasteiger partial charge in [-0.15, -0.1) is 11.3 Å². The van der Waals surface area contributed by atoms with Crippen LogP contribution in [0.1, 0.15) is 99.3 Å². The largest absolute Gasteiger partial charge is 0.444 e. The first-order chi connectivity index (χ1) is 24.5. The van der Waals surface area contributed by atoms with Crippen LogP contribution in [0.25, 0.3) is 10.4 Å². The number of ether oxygens (including phenoxy) is 1. The summed E-state index contributed by atoms with van der Waals surface area (Å²) in [5.74, 6) is -0.376. The van der Waals surface area contributed by atoms with E-state index >= 15 is 0 Å². The van der Waals surface area contributed by atoms with Crippen LogP contribution in [0.2, 0.25) is 18.1 Å². The summed E-state index contributed by atoms with van der Waals surface area (Å²) in [5, 5.41) is 6.53. The summed E-state index contributed by atoms with van der Waals surface area (Å²) in [6.45, 7) is 26.2. The van der Waals surface area contributed by atoms with Gasteiger partial charge in [-0.1, -0.05) is 65.8 Å². The van der Waals surface area contributed by atoms with E-state index in [0.717, 1.165) is 28.0 Å². The predicted octanol–water partition coefficient (Wildman–Crippen LogP) is 7.34. The van der Waals surface area contributed by atoms with Gasteiger partial charge in [0.15, 0.2) is 8.32 Å². The number of thiazole rings is 1. The van der Waals surface area contributed by atoms with Crippen molar-refractivity contribution in [2.75, 3.05) is 26.2 Å². The van der Waals surface area contributed by atoms with E-state index in [9.17, 15) is 19.2 Å². The maximum absolute atomic E-state index is 14.6. The van der Waals surface area contributed by atoms with Crippen LogP contribution in [0.3, 0.4) is 0 Å². The average Bonchev–Trinajstić information content (AvgIpc) is 3.66. The van der Waals surface area contributed by atoms with Crippen LogP contribution in [0.4, 0.5) is 4.79 Å². The predicted molar refractivity (Wildman–Crippen MR) is 215 cm³/mol. The smallest absolute Gasteiger partial charge is 0.410 e. The van der Waals surface area contributed by atoms with Crippen molar-refractivity contribution >= 4 is 43.8 Å². The van der Waals surface area contributed by atoms with Crippen LogP contribution < -0.4 is 10.6 Å². The summed E-state index contributed by atoms with van der Waals surface area (Å²) in [4.78, 5) is 61.4. The summed E-state index contributed by atoms with van der Waals surface area (Å²) in [6, 6.07) is 6.79. The van der Waals surface area contributed by atoms with Gasteiger partial charge in [0, 0.05) is 45.6 Å². The molecule has 0 unspecified atom stereocenters. The van der Waals surface area contributed by atoms with Gasteiger partial charge in [0.05, 0.1) is 28.2 Å². The SMILES string of the molecule is Cc1ncsc1-c1ccc(CNC(=O)[C@@H]2C[C@@H](O[Si](C)(C)C(C)(C)C)CN2C(=O)[C@@H](NCCN(CCCCC=O)C(=O)OC(C)(C)C)C(C)(C)C)cc1. The first kappa shape index (κ1) is 44.3. The van der Waals surface area contributed by atoms with Crippen LogP contribution in [0.5, 0.6) is 0 Å². The topological polar surface area (TPSA) is 130 Å². The summed E-state index contributed by atoms with van der Waals surface area (Å²) in [7, 11) is -2.20. The van der Waals surface area contributed by atoms with Gasteiger partial charge >= 0.3 is 6.09 Å². The van der Waals surface area contributed by atoms with Gasteiger partial charge in [0.2, 0.25) is 11.8 Å². The number of likely N-dealkylation sites (tertiary alicyclic amines) is 1. The van der Waals surface area contributed by atoms with Crippen LogP contribution >= 0.6 is 11.3 Å². The second kappa shape index (κ2) is 18.5. The van der Waals surface area contributed by atoms with Crippen LogP contribution in [-0.4, -0.2) is 97.3 Å². The minimum atomic E-state index is -2.20. The van der Waals surface area contributed by atoms with Crippen molar-refractivity contribution in [1.29, 1.82) is 0 Å². The Labute approximate surface area is 323 Å². The second-order valence-electron chi connectivity index (χ2n) is 17.8. The highest BCUT2D eigenvalue weighted by atomic mass is 32.1. The number of benzene rings is 1. The number of nitrogens with zero attached hydrogens (tertiary/aromatic N) is 3. The molecule has 1 aromatic heterocycles. The van der Waals surface area contributed by atoms with Crippen molar-refractivity contribution in [3.8, 4) is 10.4 Å². The molecule has 0 saturated carbocycles. The molecule has 1 saturated heterocycles. The molecule has 3 atom stereocenters. The highest BCUT2D eigenvalue weighted by Crippen LogP contribution is 2.39. The Hall–Kier alpha value is -3.13. The van der Waals surface area contributed by atoms with Crippen LogP contribution in [0.15, 0.2) is 29.8 Å². The molecule has 0 radical (unpaired) electrons. The Morgan fingerprint density at radius 3 is 2.25 bits per heavy atom. The Balaban J connectivity index is 1.79. The number of aldehydes is 1. The summed E-state index contributed by atoms with van der Waals surface area (Å²) < 4.78 is 12.5. The van der Waals surface area contributed by atoms with E-state index in [1.54, 1.807) is 21.1 Å². The van der Waals surface area contributed by atoms with Crippen LogP contribution in [0, 0.1) is 12.3 Å². The van der Waals surface area contributed by atoms with E-state index in [1.165, 1.54) is 0 Å². The van der Waals surface area contributed by atoms with E-state index in [0.29, 0.717) is 58.4 Å². The number of aryl methyl sites for hydroxylation is 1. The molecule has 53 heavy (non-hydrogen) atoms. The lowest BCUT2D eigenvalue weighted by molar-refractivity contribution is -0.142. The van der Waals surface area contributed by atoms with E-state index in [-0.39, 0.29) is 23.0 Å². The molecule has 0 bridgehead atoms. The molecular weight excluding hydrogens is 707 g/mol. The highest BCUT2D eigenvalue weighted by molar-refractivity contribution is 7.13. The molecule has 13 heteroatoms. The third-order valence-corrected chi connectivity index (χ3v) is 15.6. The third kappa shape index (κ3) is 13.0. The summed E-state index contributed by atoms with van der Waals surface area (Å²) >= 11 is 1.60. The molecule has 2 heterocycles. The molecule has 2 N–H and O–H groups in total. The lowest BCUT2D eigenvalue weighted by Gasteiger charge is -2.38. The number of aromatic nitrogens is 1. The van der Waals surface area contributed by atoms with E-state index < -0.39 is 37.5 Å². The molecule has 1 aliphatic heterocycles. The lowest BCUT2D eigenvalue weighted by Crippen LogP contribution is -2.57. The Morgan fingerprint density at radius 2 is 1.70 bits per heavy atom. The molecule has 11 nitrogen and oxygen atoms in total. The van der Waals surface area contributed by atoms with E-state index in [4.69, 9.17) is 9.16 Å². The standard InChI is InChI=1S/C40H65N5O6SSi/c1-28-33(52-27-43-28)30-18-16-29(17-19-30)25-42-35(47)32-24-31(51-53(11,12)40(8,9)10)26-45(32)36(48)34(38(2,3)4)41-20-22-44(21-14-13-15-23-46)37(49)50-39(5,6)7/h16-19,23,27,31-32,34,41H,13-15,20-22,24-26H2,1-12H3,(H,42,47)/t31-,32+,34-/m1/s1. The zero-order valence-electron chi connectivity index (χ0n) is 34.3. The molecule has 2 aromatic rings. The number of carbonyl (C=O) groups excluding carboxylic acids is 4. The van der Waals surface area contributed by atoms with Crippen molar-refractivity contribution in [3.05, 3.63) is 41.0 Å². The summed E-state index contributed by atoms with van der Waals surface area (Å²) in [5.41, 5.74) is 3.72. The number of hydrogen-bond acceptors (Lipinski definition) is 9. The molecule has 1 fully saturated rings. The van der Waals surface area contributed by atoms with Gasteiger partial charge in [-0.3, -0.25) is 9.59 Å². The molecule has 0 aliphatic carbocycles. The Kier molecular flexibility index (Phi) is 15.4. The number of hydrogen-bond donors (Lipinski definition) is 2. The zero-order chi connectivity index (χ0) is 39.8. The van der Waals surface area contributed by atoms with Gasteiger partial charge in [-0.25, -0.2) is 9.78 Å². The summed E-state index contributed by atoms with van der Waals surface area (Å²) in [6.07, 6.45) is 2.37. The first-order valence-corrected chi connectivity index (χ1v) is 22.7. The molecule has 0 spiro atoms. The van der Waals surface area contributed by atoms with E-state index in [2.05, 4.69) is 49.5 Å². The fourth-order valence-corrected chi connectivity index (χ4v) is 8.22. The number of amides is 3. The number of nitrogens with one attached hydrogen (secondary N) is 2. The number of carbonyl (C=O) groups is 4. The average molecular weight is 772 g/mol. The van der Waals surface area contributed by atoms with Gasteiger partial charge in [-0.05, 0) is 75.2 Å². The minimum Gasteiger partial charge on any atom is -0.444 e. The van der Waals surface area contributed by atoms with Crippen molar-refractivity contribution in [3.63, 3.8) is 0 Å². The normalized spacial score (nSPS) is 17.4. The molecule has 296 valence electrons. The molecule has 3 rings (SSSR count). The Bertz CT molecular complexity index is 1530. The van der Waals surface area contributed by atoms with Gasteiger partial charge in [0.1, 0.15) is 17.9 Å². The maximum Gasteiger partial charge on any atom is 0.410 e. The monoisotopic (exact) mass is 771 g/mol. The number of rotatable bonds is 16. The van der Waals surface area contributed by atoms with Gasteiger partial charge in [-0.2, -0.15) is 0 Å². The third-order valence-electron chi connectivity index (χ3n) is 10.0. The molecule has 1 aromatic carbocycles. The quantitative estimate of drug-likeness (QED) is 0.103. The lowest BCUT2D eigenvalue weighted by atomic mass is 9.85. The molecular formula is C40H65N5O6SSi. The Morgan fingerprint density at radius 1 is 1.04 bits per heavy atom. The highest BCUT2D eigenvalue weighted by Gasteiger charge is 2.47. The van der Waals surface area contributed by atoms with Crippen molar-refractivity contribution in [2.45, 2.75) is 143 Å². The van der Waals surface area contributed by atoms with Crippen molar-refractivity contribution in [1.82, 2.24) is 25.4 Å².